The van der Waals surface area contributed by atoms with E-state index in [4.69, 9.17) is 0 Å². The maximum absolute atomic E-state index is 3.51. The van der Waals surface area contributed by atoms with Gasteiger partial charge >= 0.3 is 0 Å². The van der Waals surface area contributed by atoms with E-state index in [9.17, 15) is 0 Å². The summed E-state index contributed by atoms with van der Waals surface area (Å²) < 4.78 is 2.21. The lowest BCUT2D eigenvalue weighted by atomic mass is 9.74. The largest absolute Gasteiger partial charge is 0.0616 e. The molecule has 1 aliphatic rings. The first-order valence-corrected chi connectivity index (χ1v) is 8.68. The van der Waals surface area contributed by atoms with E-state index in [1.165, 1.54) is 33.4 Å². The molecule has 0 spiro atoms. The van der Waals surface area contributed by atoms with E-state index in [1.807, 2.05) is 0 Å². The third-order valence-corrected chi connectivity index (χ3v) is 5.04. The van der Waals surface area contributed by atoms with Crippen molar-refractivity contribution < 1.29 is 0 Å². The summed E-state index contributed by atoms with van der Waals surface area (Å²) in [4.78, 5) is 0. The number of hydrogen-bond donors (Lipinski definition) is 0. The van der Waals surface area contributed by atoms with Gasteiger partial charge in [0.25, 0.3) is 0 Å². The van der Waals surface area contributed by atoms with E-state index < -0.39 is 0 Å². The first-order valence-electron chi connectivity index (χ1n) is 7.10. The summed E-state index contributed by atoms with van der Waals surface area (Å²) in [5.74, 6) is 0. The van der Waals surface area contributed by atoms with Gasteiger partial charge in [0.05, 0.1) is 0 Å². The van der Waals surface area contributed by atoms with Crippen molar-refractivity contribution >= 4 is 43.0 Å². The molecule has 0 bridgehead atoms. The number of fused-ring (bicyclic) bond motifs is 1. The highest BCUT2D eigenvalue weighted by Gasteiger charge is 2.27. The SMILES string of the molecule is Brc1ccc(C2=C(c3ccc(Br)cc3)c3ccccc32)cc1. The molecule has 1 aliphatic carbocycles. The molecule has 106 valence electrons. The number of rotatable bonds is 2. The summed E-state index contributed by atoms with van der Waals surface area (Å²) in [7, 11) is 0. The number of hydrogen-bond acceptors (Lipinski definition) is 0. The van der Waals surface area contributed by atoms with Gasteiger partial charge in [0, 0.05) is 8.95 Å². The van der Waals surface area contributed by atoms with Crippen molar-refractivity contribution in [1.82, 2.24) is 0 Å². The Bertz CT molecular complexity index is 798. The van der Waals surface area contributed by atoms with Gasteiger partial charge in [0.2, 0.25) is 0 Å². The molecule has 0 amide bonds. The lowest BCUT2D eigenvalue weighted by Gasteiger charge is -2.29. The van der Waals surface area contributed by atoms with E-state index in [2.05, 4.69) is 105 Å². The lowest BCUT2D eigenvalue weighted by Crippen LogP contribution is -2.08. The van der Waals surface area contributed by atoms with Crippen LogP contribution in [0.15, 0.2) is 81.7 Å². The van der Waals surface area contributed by atoms with Crippen molar-refractivity contribution in [1.29, 1.82) is 0 Å². The average Bonchev–Trinajstić information content (AvgIpc) is 2.53. The van der Waals surface area contributed by atoms with Crippen LogP contribution < -0.4 is 0 Å². The maximum Gasteiger partial charge on any atom is 0.0175 e. The summed E-state index contributed by atoms with van der Waals surface area (Å²) in [5.41, 5.74) is 7.88. The molecule has 0 fully saturated rings. The average molecular weight is 412 g/mol. The molecule has 0 aromatic heterocycles. The Hall–Kier alpha value is -1.64. The summed E-state index contributed by atoms with van der Waals surface area (Å²) in [6.07, 6.45) is 0. The van der Waals surface area contributed by atoms with Crippen LogP contribution in [0.25, 0.3) is 11.1 Å². The fourth-order valence-corrected chi connectivity index (χ4v) is 3.49. The molecule has 3 aromatic rings. The predicted molar refractivity (Wildman–Crippen MR) is 99.7 cm³/mol. The Kier molecular flexibility index (Phi) is 3.51. The van der Waals surface area contributed by atoms with Gasteiger partial charge in [0.1, 0.15) is 0 Å². The van der Waals surface area contributed by atoms with E-state index in [0.29, 0.717) is 0 Å². The molecule has 3 aromatic carbocycles. The summed E-state index contributed by atoms with van der Waals surface area (Å²) in [6, 6.07) is 25.7. The second-order valence-electron chi connectivity index (χ2n) is 5.31. The molecule has 0 heterocycles. The van der Waals surface area contributed by atoms with E-state index >= 15 is 0 Å². The van der Waals surface area contributed by atoms with Gasteiger partial charge in [-0.2, -0.15) is 0 Å². The molecule has 0 unspecified atom stereocenters. The predicted octanol–water partition coefficient (Wildman–Crippen LogP) is 6.53. The summed E-state index contributed by atoms with van der Waals surface area (Å²) in [6.45, 7) is 0. The number of benzene rings is 3. The molecule has 0 radical (unpaired) electrons. The van der Waals surface area contributed by atoms with Gasteiger partial charge in [-0.15, -0.1) is 0 Å². The molecule has 22 heavy (non-hydrogen) atoms. The Morgan fingerprint density at radius 2 is 0.818 bits per heavy atom. The van der Waals surface area contributed by atoms with Gasteiger partial charge < -0.3 is 0 Å². The van der Waals surface area contributed by atoms with Gasteiger partial charge in [0.15, 0.2) is 0 Å². The fraction of sp³-hybridized carbons (Fsp3) is 0. The minimum absolute atomic E-state index is 1.11. The molecule has 0 atom stereocenters. The monoisotopic (exact) mass is 410 g/mol. The summed E-state index contributed by atoms with van der Waals surface area (Å²) in [5, 5.41) is 0. The van der Waals surface area contributed by atoms with Crippen LogP contribution in [0.2, 0.25) is 0 Å². The quantitative estimate of drug-likeness (QED) is 0.351. The maximum atomic E-state index is 3.51. The minimum atomic E-state index is 1.11. The second kappa shape index (κ2) is 5.53. The highest BCUT2D eigenvalue weighted by atomic mass is 79.9. The molecule has 4 rings (SSSR count). The lowest BCUT2D eigenvalue weighted by molar-refractivity contribution is 1.41. The van der Waals surface area contributed by atoms with Crippen LogP contribution in [0.3, 0.4) is 0 Å². The molecular weight excluding hydrogens is 400 g/mol. The van der Waals surface area contributed by atoms with Crippen molar-refractivity contribution in [2.45, 2.75) is 0 Å². The van der Waals surface area contributed by atoms with Crippen LogP contribution in [0.1, 0.15) is 22.3 Å². The molecule has 0 saturated carbocycles. The van der Waals surface area contributed by atoms with Crippen molar-refractivity contribution in [3.8, 4) is 0 Å². The van der Waals surface area contributed by atoms with Gasteiger partial charge in [-0.05, 0) is 57.7 Å². The van der Waals surface area contributed by atoms with Crippen LogP contribution in [0.5, 0.6) is 0 Å². The normalized spacial score (nSPS) is 12.8. The summed E-state index contributed by atoms with van der Waals surface area (Å²) >= 11 is 7.03. The molecule has 0 N–H and O–H groups in total. The second-order valence-corrected chi connectivity index (χ2v) is 7.14. The smallest absolute Gasteiger partial charge is 0.0175 e. The molecule has 0 aliphatic heterocycles. The molecular formula is C20H12Br2. The molecule has 2 heteroatoms. The molecule has 0 saturated heterocycles. The van der Waals surface area contributed by atoms with Crippen molar-refractivity contribution in [2.24, 2.45) is 0 Å². The van der Waals surface area contributed by atoms with Crippen LogP contribution in [-0.4, -0.2) is 0 Å². The van der Waals surface area contributed by atoms with Gasteiger partial charge in [-0.25, -0.2) is 0 Å². The first kappa shape index (κ1) is 14.0. The Labute approximate surface area is 146 Å². The minimum Gasteiger partial charge on any atom is -0.0616 e. The highest BCUT2D eigenvalue weighted by Crippen LogP contribution is 2.47. The fourth-order valence-electron chi connectivity index (χ4n) is 2.96. The topological polar surface area (TPSA) is 0 Å². The van der Waals surface area contributed by atoms with Crippen LogP contribution in [0, 0.1) is 0 Å². The standard InChI is InChI=1S/C20H12Br2/c21-15-9-5-13(6-10-15)19-17-3-1-2-4-18(17)20(19)14-7-11-16(22)12-8-14/h1-12H. The zero-order valence-electron chi connectivity index (χ0n) is 11.7. The Balaban J connectivity index is 1.92. The zero-order valence-corrected chi connectivity index (χ0v) is 14.9. The van der Waals surface area contributed by atoms with Crippen molar-refractivity contribution in [3.05, 3.63) is 104 Å². The van der Waals surface area contributed by atoms with Crippen LogP contribution in [0.4, 0.5) is 0 Å². The van der Waals surface area contributed by atoms with Gasteiger partial charge in [-0.3, -0.25) is 0 Å². The Morgan fingerprint density at radius 1 is 0.455 bits per heavy atom. The zero-order chi connectivity index (χ0) is 15.1. The third kappa shape index (κ3) is 2.27. The van der Waals surface area contributed by atoms with Gasteiger partial charge in [-0.1, -0.05) is 80.4 Å². The van der Waals surface area contributed by atoms with Crippen molar-refractivity contribution in [3.63, 3.8) is 0 Å². The van der Waals surface area contributed by atoms with E-state index in [1.54, 1.807) is 0 Å². The third-order valence-electron chi connectivity index (χ3n) is 3.98. The van der Waals surface area contributed by atoms with Crippen LogP contribution in [-0.2, 0) is 0 Å². The van der Waals surface area contributed by atoms with E-state index in [0.717, 1.165) is 8.95 Å². The number of halogens is 2. The molecule has 0 nitrogen and oxygen atoms in total. The highest BCUT2D eigenvalue weighted by molar-refractivity contribution is 9.10. The van der Waals surface area contributed by atoms with Crippen molar-refractivity contribution in [2.75, 3.05) is 0 Å². The first-order chi connectivity index (χ1) is 10.7. The Morgan fingerprint density at radius 3 is 1.18 bits per heavy atom. The van der Waals surface area contributed by atoms with Crippen LogP contribution >= 0.6 is 31.9 Å². The van der Waals surface area contributed by atoms with E-state index in [-0.39, 0.29) is 0 Å².